The summed E-state index contributed by atoms with van der Waals surface area (Å²) >= 11 is 7.23. The number of nitrogens with one attached hydrogen (secondary N) is 1. The van der Waals surface area contributed by atoms with E-state index in [0.717, 1.165) is 15.5 Å². The minimum Gasteiger partial charge on any atom is -0.383 e. The molecule has 4 heteroatoms. The summed E-state index contributed by atoms with van der Waals surface area (Å²) in [7, 11) is 0. The fourth-order valence-electron chi connectivity index (χ4n) is 2.39. The van der Waals surface area contributed by atoms with Crippen LogP contribution in [0.4, 0.5) is 5.69 Å². The molecule has 0 spiro atoms. The Morgan fingerprint density at radius 1 is 1.17 bits per heavy atom. The second-order valence-corrected chi connectivity index (χ2v) is 6.64. The molecule has 2 rings (SSSR count). The monoisotopic (exact) mass is 374 g/mol. The van der Waals surface area contributed by atoms with Crippen molar-refractivity contribution >= 4 is 37.5 Å². The van der Waals surface area contributed by atoms with Crippen LogP contribution in [0.5, 0.6) is 0 Å². The lowest BCUT2D eigenvalue weighted by Gasteiger charge is -2.16. The molecule has 0 atom stereocenters. The van der Waals surface area contributed by atoms with E-state index in [2.05, 4.69) is 61.1 Å². The molecule has 1 heterocycles. The Kier molecular flexibility index (Phi) is 5.52. The first kappa shape index (κ1) is 14.4. The molecule has 1 saturated heterocycles. The van der Waals surface area contributed by atoms with Crippen LogP contribution in [0.25, 0.3) is 0 Å². The molecule has 1 fully saturated rings. The Labute approximate surface area is 126 Å². The van der Waals surface area contributed by atoms with Gasteiger partial charge in [-0.05, 0) is 95.4 Å². The number of hydrogen-bond donors (Lipinski definition) is 1. The zero-order chi connectivity index (χ0) is 13.0. The van der Waals surface area contributed by atoms with E-state index >= 15 is 0 Å². The van der Waals surface area contributed by atoms with Crippen molar-refractivity contribution in [1.29, 1.82) is 0 Å². The van der Waals surface area contributed by atoms with Crippen molar-refractivity contribution in [2.75, 3.05) is 31.5 Å². The van der Waals surface area contributed by atoms with Crippen molar-refractivity contribution in [2.24, 2.45) is 0 Å². The molecular formula is C14H20Br2N2. The van der Waals surface area contributed by atoms with E-state index in [1.54, 1.807) is 0 Å². The van der Waals surface area contributed by atoms with Crippen LogP contribution in [-0.2, 0) is 0 Å². The predicted molar refractivity (Wildman–Crippen MR) is 85.4 cm³/mol. The van der Waals surface area contributed by atoms with Crippen LogP contribution in [0.15, 0.2) is 21.1 Å². The fourth-order valence-corrected chi connectivity index (χ4v) is 4.09. The topological polar surface area (TPSA) is 15.3 Å². The molecule has 1 aromatic carbocycles. The van der Waals surface area contributed by atoms with Crippen LogP contribution in [0.3, 0.4) is 0 Å². The van der Waals surface area contributed by atoms with E-state index < -0.39 is 0 Å². The number of likely N-dealkylation sites (tertiary alicyclic amines) is 1. The Morgan fingerprint density at radius 2 is 1.78 bits per heavy atom. The third-order valence-electron chi connectivity index (χ3n) is 3.34. The van der Waals surface area contributed by atoms with E-state index in [9.17, 15) is 0 Å². The number of anilines is 1. The molecule has 0 amide bonds. The maximum Gasteiger partial charge on any atom is 0.0629 e. The number of nitrogens with zero attached hydrogens (tertiary/aromatic N) is 1. The van der Waals surface area contributed by atoms with Crippen LogP contribution in [0.1, 0.15) is 24.8 Å². The van der Waals surface area contributed by atoms with Crippen molar-refractivity contribution in [3.8, 4) is 0 Å². The highest BCUT2D eigenvalue weighted by Crippen LogP contribution is 2.32. The summed E-state index contributed by atoms with van der Waals surface area (Å²) in [5.41, 5.74) is 2.43. The van der Waals surface area contributed by atoms with Crippen LogP contribution >= 0.6 is 31.9 Å². The summed E-state index contributed by atoms with van der Waals surface area (Å²) in [6, 6.07) is 4.29. The lowest BCUT2D eigenvalue weighted by molar-refractivity contribution is 0.337. The average Bonchev–Trinajstić information content (AvgIpc) is 2.79. The fraction of sp³-hybridized carbons (Fsp3) is 0.571. The summed E-state index contributed by atoms with van der Waals surface area (Å²) < 4.78 is 2.27. The first-order chi connectivity index (χ1) is 8.66. The minimum atomic E-state index is 1.02. The zero-order valence-corrected chi connectivity index (χ0v) is 14.0. The highest BCUT2D eigenvalue weighted by Gasteiger charge is 2.10. The Bertz CT molecular complexity index is 378. The molecule has 1 N–H and O–H groups in total. The summed E-state index contributed by atoms with van der Waals surface area (Å²) in [6.07, 6.45) is 3.96. The van der Waals surface area contributed by atoms with E-state index in [1.165, 1.54) is 50.1 Å². The number of rotatable bonds is 5. The number of halogens is 2. The van der Waals surface area contributed by atoms with Crippen LogP contribution in [0.2, 0.25) is 0 Å². The molecule has 100 valence electrons. The third-order valence-corrected chi connectivity index (χ3v) is 4.59. The van der Waals surface area contributed by atoms with Crippen molar-refractivity contribution in [1.82, 2.24) is 4.90 Å². The quantitative estimate of drug-likeness (QED) is 0.766. The molecule has 0 aromatic heterocycles. The molecule has 0 aliphatic carbocycles. The second kappa shape index (κ2) is 6.92. The normalized spacial score (nSPS) is 16.2. The molecular weight excluding hydrogens is 356 g/mol. The number of aryl methyl sites for hydroxylation is 1. The van der Waals surface area contributed by atoms with E-state index in [0.29, 0.717) is 0 Å². The van der Waals surface area contributed by atoms with Gasteiger partial charge in [-0.3, -0.25) is 0 Å². The highest BCUT2D eigenvalue weighted by atomic mass is 79.9. The second-order valence-electron chi connectivity index (χ2n) is 4.93. The van der Waals surface area contributed by atoms with Crippen LogP contribution in [0, 0.1) is 6.92 Å². The van der Waals surface area contributed by atoms with E-state index in [1.807, 2.05) is 0 Å². The lowest BCUT2D eigenvalue weighted by atomic mass is 10.2. The van der Waals surface area contributed by atoms with Gasteiger partial charge in [0, 0.05) is 15.5 Å². The molecule has 1 aliphatic heterocycles. The van der Waals surface area contributed by atoms with Gasteiger partial charge < -0.3 is 10.2 Å². The van der Waals surface area contributed by atoms with Crippen molar-refractivity contribution in [3.05, 3.63) is 26.6 Å². The van der Waals surface area contributed by atoms with E-state index in [4.69, 9.17) is 0 Å². The summed E-state index contributed by atoms with van der Waals surface area (Å²) in [5, 5.41) is 3.51. The summed E-state index contributed by atoms with van der Waals surface area (Å²) in [5.74, 6) is 0. The van der Waals surface area contributed by atoms with Crippen molar-refractivity contribution in [3.63, 3.8) is 0 Å². The predicted octanol–water partition coefficient (Wildman–Crippen LogP) is 4.42. The highest BCUT2D eigenvalue weighted by molar-refractivity contribution is 9.11. The van der Waals surface area contributed by atoms with Gasteiger partial charge in [-0.2, -0.15) is 0 Å². The Hall–Kier alpha value is -0.0600. The van der Waals surface area contributed by atoms with Gasteiger partial charge in [0.1, 0.15) is 0 Å². The molecule has 2 nitrogen and oxygen atoms in total. The largest absolute Gasteiger partial charge is 0.383 e. The van der Waals surface area contributed by atoms with Gasteiger partial charge in [0.2, 0.25) is 0 Å². The minimum absolute atomic E-state index is 1.02. The smallest absolute Gasteiger partial charge is 0.0629 e. The summed E-state index contributed by atoms with van der Waals surface area (Å²) in [6.45, 7) is 6.92. The maximum absolute atomic E-state index is 3.61. The zero-order valence-electron chi connectivity index (χ0n) is 10.8. The number of benzene rings is 1. The van der Waals surface area contributed by atoms with Gasteiger partial charge >= 0.3 is 0 Å². The molecule has 1 aliphatic rings. The van der Waals surface area contributed by atoms with E-state index in [-0.39, 0.29) is 0 Å². The molecule has 18 heavy (non-hydrogen) atoms. The summed E-state index contributed by atoms with van der Waals surface area (Å²) in [4.78, 5) is 2.56. The van der Waals surface area contributed by atoms with Crippen molar-refractivity contribution in [2.45, 2.75) is 26.2 Å². The molecule has 0 bridgehead atoms. The Morgan fingerprint density at radius 3 is 2.39 bits per heavy atom. The SMILES string of the molecule is Cc1cc(Br)c(NCCCN2CCCC2)c(Br)c1. The van der Waals surface area contributed by atoms with Gasteiger partial charge in [0.05, 0.1) is 5.69 Å². The van der Waals surface area contributed by atoms with Gasteiger partial charge in [0.25, 0.3) is 0 Å². The number of hydrogen-bond acceptors (Lipinski definition) is 2. The average molecular weight is 376 g/mol. The Balaban J connectivity index is 1.79. The van der Waals surface area contributed by atoms with Gasteiger partial charge in [0.15, 0.2) is 0 Å². The van der Waals surface area contributed by atoms with Crippen molar-refractivity contribution < 1.29 is 0 Å². The lowest BCUT2D eigenvalue weighted by Crippen LogP contribution is -2.22. The van der Waals surface area contributed by atoms with Crippen LogP contribution in [-0.4, -0.2) is 31.1 Å². The van der Waals surface area contributed by atoms with Gasteiger partial charge in [-0.1, -0.05) is 0 Å². The molecule has 0 radical (unpaired) electrons. The van der Waals surface area contributed by atoms with Gasteiger partial charge in [-0.15, -0.1) is 0 Å². The van der Waals surface area contributed by atoms with Crippen LogP contribution < -0.4 is 5.32 Å². The maximum atomic E-state index is 3.61. The third kappa shape index (κ3) is 3.97. The van der Waals surface area contributed by atoms with Gasteiger partial charge in [-0.25, -0.2) is 0 Å². The first-order valence-electron chi connectivity index (χ1n) is 6.58. The molecule has 0 saturated carbocycles. The molecule has 1 aromatic rings. The first-order valence-corrected chi connectivity index (χ1v) is 8.17. The standard InChI is InChI=1S/C14H20Br2N2/c1-11-9-12(15)14(13(16)10-11)17-5-4-8-18-6-2-3-7-18/h9-10,17H,2-8H2,1H3. The molecule has 0 unspecified atom stereocenters.